The fourth-order valence-electron chi connectivity index (χ4n) is 3.35. The maximum Gasteiger partial charge on any atom is 0.0848 e. The van der Waals surface area contributed by atoms with Crippen molar-refractivity contribution in [3.05, 3.63) is 0 Å². The molecule has 106 valence electrons. The lowest BCUT2D eigenvalue weighted by atomic mass is 9.68. The number of hydrazine groups is 1. The van der Waals surface area contributed by atoms with Crippen LogP contribution < -0.4 is 11.3 Å². The molecule has 2 saturated carbocycles. The second kappa shape index (κ2) is 5.48. The molecule has 0 saturated heterocycles. The first kappa shape index (κ1) is 14.3. The summed E-state index contributed by atoms with van der Waals surface area (Å²) >= 11 is 0. The van der Waals surface area contributed by atoms with Crippen LogP contribution in [0.5, 0.6) is 0 Å². The summed E-state index contributed by atoms with van der Waals surface area (Å²) in [6.45, 7) is 7.64. The highest BCUT2D eigenvalue weighted by atomic mass is 16.5. The highest BCUT2D eigenvalue weighted by Gasteiger charge is 2.45. The molecule has 18 heavy (non-hydrogen) atoms. The fraction of sp³-hybridized carbons (Fsp3) is 1.00. The average molecular weight is 254 g/mol. The number of hydrogen-bond donors (Lipinski definition) is 2. The summed E-state index contributed by atoms with van der Waals surface area (Å²) in [4.78, 5) is 0. The summed E-state index contributed by atoms with van der Waals surface area (Å²) in [6.07, 6.45) is 8.74. The Morgan fingerprint density at radius 1 is 1.22 bits per heavy atom. The SMILES string of the molecule is CCOC1(C(CC2CC2)NN)CCC(C)(C)CC1. The zero-order valence-corrected chi connectivity index (χ0v) is 12.3. The van der Waals surface area contributed by atoms with E-state index in [4.69, 9.17) is 10.6 Å². The third-order valence-electron chi connectivity index (χ3n) is 4.98. The van der Waals surface area contributed by atoms with Gasteiger partial charge in [-0.15, -0.1) is 0 Å². The van der Waals surface area contributed by atoms with E-state index in [-0.39, 0.29) is 5.60 Å². The minimum Gasteiger partial charge on any atom is -0.374 e. The summed E-state index contributed by atoms with van der Waals surface area (Å²) in [5.74, 6) is 6.72. The van der Waals surface area contributed by atoms with Crippen LogP contribution in [-0.2, 0) is 4.74 Å². The van der Waals surface area contributed by atoms with Gasteiger partial charge in [-0.25, -0.2) is 0 Å². The zero-order valence-electron chi connectivity index (χ0n) is 12.3. The van der Waals surface area contributed by atoms with Crippen molar-refractivity contribution < 1.29 is 4.74 Å². The molecule has 0 aliphatic heterocycles. The van der Waals surface area contributed by atoms with Crippen LogP contribution in [0.1, 0.15) is 65.7 Å². The van der Waals surface area contributed by atoms with Crippen LogP contribution in [0.2, 0.25) is 0 Å². The number of nitrogens with one attached hydrogen (secondary N) is 1. The highest BCUT2D eigenvalue weighted by molar-refractivity contribution is 5.00. The normalized spacial score (nSPS) is 28.0. The van der Waals surface area contributed by atoms with Gasteiger partial charge in [-0.05, 0) is 50.4 Å². The highest BCUT2D eigenvalue weighted by Crippen LogP contribution is 2.46. The molecule has 0 aromatic carbocycles. The van der Waals surface area contributed by atoms with Crippen molar-refractivity contribution in [1.82, 2.24) is 5.43 Å². The van der Waals surface area contributed by atoms with Crippen LogP contribution in [0.25, 0.3) is 0 Å². The Balaban J connectivity index is 2.04. The van der Waals surface area contributed by atoms with Crippen LogP contribution in [0, 0.1) is 11.3 Å². The van der Waals surface area contributed by atoms with Crippen molar-refractivity contribution in [2.45, 2.75) is 77.4 Å². The van der Waals surface area contributed by atoms with E-state index in [0.29, 0.717) is 11.5 Å². The summed E-state index contributed by atoms with van der Waals surface area (Å²) in [6, 6.07) is 0.334. The molecular weight excluding hydrogens is 224 g/mol. The maximum absolute atomic E-state index is 6.20. The molecule has 0 heterocycles. The average Bonchev–Trinajstić information content (AvgIpc) is 3.13. The maximum atomic E-state index is 6.20. The van der Waals surface area contributed by atoms with Gasteiger partial charge in [-0.3, -0.25) is 11.3 Å². The topological polar surface area (TPSA) is 47.3 Å². The molecule has 0 bridgehead atoms. The van der Waals surface area contributed by atoms with Crippen LogP contribution in [0.3, 0.4) is 0 Å². The lowest BCUT2D eigenvalue weighted by Gasteiger charge is -2.47. The van der Waals surface area contributed by atoms with Gasteiger partial charge in [0, 0.05) is 6.61 Å². The monoisotopic (exact) mass is 254 g/mol. The molecule has 2 fully saturated rings. The predicted octanol–water partition coefficient (Wildman–Crippen LogP) is 2.99. The Morgan fingerprint density at radius 2 is 1.83 bits per heavy atom. The zero-order chi connectivity index (χ0) is 13.2. The first-order chi connectivity index (χ1) is 8.51. The van der Waals surface area contributed by atoms with Gasteiger partial charge in [-0.1, -0.05) is 26.7 Å². The number of hydrogen-bond acceptors (Lipinski definition) is 3. The second-order valence-corrected chi connectivity index (χ2v) is 7.06. The van der Waals surface area contributed by atoms with Crippen molar-refractivity contribution in [3.63, 3.8) is 0 Å². The first-order valence-corrected chi connectivity index (χ1v) is 7.61. The van der Waals surface area contributed by atoms with E-state index in [1.807, 2.05) is 0 Å². The summed E-state index contributed by atoms with van der Waals surface area (Å²) in [7, 11) is 0. The molecule has 1 atom stereocenters. The minimum absolute atomic E-state index is 0.0123. The van der Waals surface area contributed by atoms with E-state index < -0.39 is 0 Å². The molecule has 0 aromatic heterocycles. The van der Waals surface area contributed by atoms with Gasteiger partial charge in [0.05, 0.1) is 11.6 Å². The van der Waals surface area contributed by atoms with E-state index in [2.05, 4.69) is 26.2 Å². The molecule has 2 aliphatic carbocycles. The lowest BCUT2D eigenvalue weighted by molar-refractivity contribution is -0.108. The van der Waals surface area contributed by atoms with Gasteiger partial charge in [0.2, 0.25) is 0 Å². The first-order valence-electron chi connectivity index (χ1n) is 7.61. The fourth-order valence-corrected chi connectivity index (χ4v) is 3.35. The largest absolute Gasteiger partial charge is 0.374 e. The Morgan fingerprint density at radius 3 is 2.28 bits per heavy atom. The van der Waals surface area contributed by atoms with E-state index in [9.17, 15) is 0 Å². The van der Waals surface area contributed by atoms with Gasteiger partial charge in [0.25, 0.3) is 0 Å². The van der Waals surface area contributed by atoms with Crippen LogP contribution in [-0.4, -0.2) is 18.2 Å². The van der Waals surface area contributed by atoms with Crippen molar-refractivity contribution in [2.24, 2.45) is 17.2 Å². The Hall–Kier alpha value is -0.120. The Kier molecular flexibility index (Phi) is 4.35. The molecule has 2 rings (SSSR count). The van der Waals surface area contributed by atoms with E-state index in [0.717, 1.165) is 25.4 Å². The summed E-state index contributed by atoms with van der Waals surface area (Å²) < 4.78 is 6.20. The van der Waals surface area contributed by atoms with Gasteiger partial charge >= 0.3 is 0 Å². The number of rotatable bonds is 6. The molecule has 0 radical (unpaired) electrons. The number of nitrogens with two attached hydrogens (primary N) is 1. The van der Waals surface area contributed by atoms with Crippen LogP contribution in [0.15, 0.2) is 0 Å². The van der Waals surface area contributed by atoms with Crippen LogP contribution in [0.4, 0.5) is 0 Å². The Labute approximate surface area is 112 Å². The third-order valence-corrected chi connectivity index (χ3v) is 4.98. The van der Waals surface area contributed by atoms with Crippen LogP contribution >= 0.6 is 0 Å². The third kappa shape index (κ3) is 3.25. The second-order valence-electron chi connectivity index (χ2n) is 7.06. The van der Waals surface area contributed by atoms with Gasteiger partial charge < -0.3 is 4.74 Å². The van der Waals surface area contributed by atoms with E-state index >= 15 is 0 Å². The summed E-state index contributed by atoms with van der Waals surface area (Å²) in [5.41, 5.74) is 3.53. The molecule has 0 aromatic rings. The van der Waals surface area contributed by atoms with Crippen molar-refractivity contribution >= 4 is 0 Å². The van der Waals surface area contributed by atoms with Crippen molar-refractivity contribution in [1.29, 1.82) is 0 Å². The molecule has 0 spiro atoms. The Bertz CT molecular complexity index is 264. The number of ether oxygens (including phenoxy) is 1. The molecule has 3 heteroatoms. The minimum atomic E-state index is -0.0123. The van der Waals surface area contributed by atoms with Crippen molar-refractivity contribution in [2.75, 3.05) is 6.61 Å². The molecule has 2 aliphatic rings. The van der Waals surface area contributed by atoms with E-state index in [1.54, 1.807) is 0 Å². The molecule has 1 unspecified atom stereocenters. The lowest BCUT2D eigenvalue weighted by Crippen LogP contribution is -2.57. The summed E-state index contributed by atoms with van der Waals surface area (Å²) in [5, 5.41) is 0. The van der Waals surface area contributed by atoms with Gasteiger partial charge in [0.15, 0.2) is 0 Å². The smallest absolute Gasteiger partial charge is 0.0848 e. The van der Waals surface area contributed by atoms with Gasteiger partial charge in [0.1, 0.15) is 0 Å². The van der Waals surface area contributed by atoms with Gasteiger partial charge in [-0.2, -0.15) is 0 Å². The molecule has 0 amide bonds. The van der Waals surface area contributed by atoms with E-state index in [1.165, 1.54) is 32.1 Å². The van der Waals surface area contributed by atoms with Crippen molar-refractivity contribution in [3.8, 4) is 0 Å². The quantitative estimate of drug-likeness (QED) is 0.566. The molecular formula is C15H30N2O. The molecule has 3 N–H and O–H groups in total. The molecule has 3 nitrogen and oxygen atoms in total. The predicted molar refractivity (Wildman–Crippen MR) is 75.1 cm³/mol. The standard InChI is InChI=1S/C15H30N2O/c1-4-18-15(9-7-14(2,3)8-10-15)13(17-16)11-12-5-6-12/h12-13,17H,4-11,16H2,1-3H3.